The molecular weight excluding hydrogens is 714 g/mol. The maximum Gasteiger partial charge on any atom is 0.386 e. The first kappa shape index (κ1) is 32.5. The largest absolute Gasteiger partial charge is 0.387 e. The molecule has 0 amide bonds. The molecule has 4 aromatic heterocycles. The minimum absolute atomic E-state index is 0.298. The van der Waals surface area contributed by atoms with Gasteiger partial charge in [0.15, 0.2) is 46.4 Å². The molecule has 20 nitrogen and oxygen atoms in total. The summed E-state index contributed by atoms with van der Waals surface area (Å²) in [6.45, 7) is -8.88. The number of aliphatic hydroxyl groups excluding tert-OH is 2. The maximum absolute atomic E-state index is 13.6. The lowest BCUT2D eigenvalue weighted by atomic mass is 10.1. The molecular formula is C24H28N10O10P2S2. The number of hydrogen-bond acceptors (Lipinski definition) is 18. The molecule has 48 heavy (non-hydrogen) atoms. The SMILES string of the molecule is O=P1(S)OC[C@H]2OC3[C@H](OP(=O)(S)OCC4O[C@H]([C@H](O1)[C@@H]4O)n1cnc4c(ncnc41)NC/C=C/CNc1ncnc4c1ncn43)[C@@H]2O. The molecule has 14 bridgehead atoms. The smallest absolute Gasteiger partial charge is 0.386 e. The van der Waals surface area contributed by atoms with E-state index >= 15 is 0 Å². The molecule has 4 aromatic rings. The Hall–Kier alpha value is -2.72. The van der Waals surface area contributed by atoms with Crippen LogP contribution in [0.1, 0.15) is 12.5 Å². The summed E-state index contributed by atoms with van der Waals surface area (Å²) < 4.78 is 65.3. The second kappa shape index (κ2) is 12.6. The van der Waals surface area contributed by atoms with Gasteiger partial charge in [0.05, 0.1) is 25.9 Å². The van der Waals surface area contributed by atoms with Gasteiger partial charge in [0.2, 0.25) is 0 Å². The van der Waals surface area contributed by atoms with Crippen LogP contribution in [0.15, 0.2) is 37.5 Å². The van der Waals surface area contributed by atoms with E-state index in [1.54, 1.807) is 0 Å². The first-order valence-electron chi connectivity index (χ1n) is 14.5. The number of ether oxygens (including phenoxy) is 2. The van der Waals surface area contributed by atoms with Gasteiger partial charge in [0.1, 0.15) is 49.3 Å². The first-order valence-corrected chi connectivity index (χ1v) is 19.9. The Morgan fingerprint density at radius 3 is 1.58 bits per heavy atom. The van der Waals surface area contributed by atoms with Crippen LogP contribution >= 0.6 is 38.1 Å². The molecule has 0 spiro atoms. The molecule has 0 aromatic carbocycles. The van der Waals surface area contributed by atoms with Crippen molar-refractivity contribution in [2.45, 2.75) is 49.1 Å². The standard InChI is InChI=1S/C24H28N10O10P2S2/c35-15-11-5-39-46(38,48)44-18-16(36)12-6-40-45(37,47)43-17(15)23(41-11)33-9-31-13-19(27-7-29-21(13)33)25-3-1-2-4-26-20-14-22(30-8-28-20)34(10-32-14)24(18)42-12/h1-2,7-12,15-18,23-24,35-36H,3-6H2,(H,37,47)(H,38,48)(H,25,27,29)(H,26,28,30)/b2-1+/t11-,12?,15-,16-,17-,18-,23?,24-,45?,46?/m1/s1. The second-order valence-corrected chi connectivity index (χ2v) is 16.9. The maximum atomic E-state index is 13.6. The van der Waals surface area contributed by atoms with Crippen LogP contribution in [0, 0.1) is 0 Å². The third-order valence-electron chi connectivity index (χ3n) is 8.15. The number of aliphatic hydroxyl groups is 2. The van der Waals surface area contributed by atoms with Crippen molar-refractivity contribution in [2.75, 3.05) is 36.9 Å². The Kier molecular flexibility index (Phi) is 8.50. The topological polar surface area (TPSA) is 241 Å². The van der Waals surface area contributed by atoms with E-state index in [9.17, 15) is 19.3 Å². The van der Waals surface area contributed by atoms with Gasteiger partial charge in [-0.25, -0.2) is 39.0 Å². The Bertz CT molecular complexity index is 1850. The van der Waals surface area contributed by atoms with Crippen molar-refractivity contribution >= 4 is 72.1 Å². The first-order chi connectivity index (χ1) is 23.1. The minimum atomic E-state index is -4.30. The van der Waals surface area contributed by atoms with Crippen LogP contribution in [0.3, 0.4) is 0 Å². The van der Waals surface area contributed by atoms with Crippen molar-refractivity contribution in [3.63, 3.8) is 0 Å². The van der Waals surface area contributed by atoms with E-state index in [-0.39, 0.29) is 0 Å². The average molecular weight is 743 g/mol. The van der Waals surface area contributed by atoms with Crippen LogP contribution in [0.2, 0.25) is 0 Å². The number of rotatable bonds is 0. The zero-order chi connectivity index (χ0) is 33.2. The van der Waals surface area contributed by atoms with Crippen molar-refractivity contribution in [3.05, 3.63) is 37.5 Å². The van der Waals surface area contributed by atoms with Crippen LogP contribution in [0.5, 0.6) is 0 Å². The number of fused-ring (bicyclic) bond motifs is 10. The molecule has 9 heterocycles. The fourth-order valence-corrected chi connectivity index (χ4v) is 8.82. The Labute approximate surface area is 281 Å². The van der Waals surface area contributed by atoms with Crippen molar-refractivity contribution in [1.29, 1.82) is 0 Å². The molecule has 3 saturated heterocycles. The Morgan fingerprint density at radius 2 is 1.15 bits per heavy atom. The second-order valence-electron chi connectivity index (χ2n) is 11.1. The summed E-state index contributed by atoms with van der Waals surface area (Å²) in [6.07, 6.45) is -1.38. The van der Waals surface area contributed by atoms with E-state index in [4.69, 9.17) is 27.6 Å². The predicted molar refractivity (Wildman–Crippen MR) is 171 cm³/mol. The number of hydrogen-bond donors (Lipinski definition) is 6. The monoisotopic (exact) mass is 742 g/mol. The van der Waals surface area contributed by atoms with Crippen LogP contribution in [-0.4, -0.2) is 112 Å². The molecule has 256 valence electrons. The van der Waals surface area contributed by atoms with Crippen molar-refractivity contribution < 1.29 is 46.9 Å². The van der Waals surface area contributed by atoms with Crippen LogP contribution in [-0.2, 0) is 36.7 Å². The van der Waals surface area contributed by atoms with Gasteiger partial charge in [-0.1, -0.05) is 36.6 Å². The lowest BCUT2D eigenvalue weighted by Crippen LogP contribution is -2.37. The van der Waals surface area contributed by atoms with E-state index < -0.39 is 75.9 Å². The number of nitrogens with one attached hydrogen (secondary N) is 2. The van der Waals surface area contributed by atoms with E-state index in [0.717, 1.165) is 0 Å². The molecule has 4 N–H and O–H groups in total. The zero-order valence-corrected chi connectivity index (χ0v) is 28.0. The number of imidazole rings is 2. The molecule has 0 radical (unpaired) electrons. The lowest BCUT2D eigenvalue weighted by molar-refractivity contribution is -0.0584. The summed E-state index contributed by atoms with van der Waals surface area (Å²) in [5, 5.41) is 29.1. The normalized spacial score (nSPS) is 38.0. The predicted octanol–water partition coefficient (Wildman–Crippen LogP) is 1.47. The van der Waals surface area contributed by atoms with Gasteiger partial charge in [-0.05, 0) is 0 Å². The Morgan fingerprint density at radius 1 is 0.708 bits per heavy atom. The summed E-state index contributed by atoms with van der Waals surface area (Å²) in [5.41, 5.74) is 1.34. The number of anilines is 2. The fraction of sp³-hybridized carbons (Fsp3) is 0.500. The highest BCUT2D eigenvalue weighted by Crippen LogP contribution is 2.60. The average Bonchev–Trinajstić information content (AvgIpc) is 3.81. The highest BCUT2D eigenvalue weighted by molar-refractivity contribution is 8.44. The van der Waals surface area contributed by atoms with Crippen molar-refractivity contribution in [1.82, 2.24) is 39.0 Å². The van der Waals surface area contributed by atoms with E-state index in [2.05, 4.69) is 65.0 Å². The van der Waals surface area contributed by atoms with Gasteiger partial charge in [-0.15, -0.1) is 0 Å². The van der Waals surface area contributed by atoms with E-state index in [1.807, 2.05) is 12.2 Å². The highest BCUT2D eigenvalue weighted by atomic mass is 32.7. The number of nitrogens with zero attached hydrogens (tertiary/aromatic N) is 8. The molecule has 0 saturated carbocycles. The Balaban J connectivity index is 1.25. The van der Waals surface area contributed by atoms with Gasteiger partial charge >= 0.3 is 13.6 Å². The quantitative estimate of drug-likeness (QED) is 0.0849. The molecule has 10 atom stereocenters. The third kappa shape index (κ3) is 5.92. The number of aromatic nitrogens is 8. The fourth-order valence-electron chi connectivity index (χ4n) is 5.90. The van der Waals surface area contributed by atoms with Crippen LogP contribution < -0.4 is 10.6 Å². The summed E-state index contributed by atoms with van der Waals surface area (Å²) >= 11 is 8.31. The van der Waals surface area contributed by atoms with Gasteiger partial charge in [0, 0.05) is 13.1 Å². The summed E-state index contributed by atoms with van der Waals surface area (Å²) in [4.78, 5) is 26.2. The molecule has 24 heteroatoms. The molecule has 0 aliphatic carbocycles. The molecule has 9 rings (SSSR count). The molecule has 5 aliphatic rings. The third-order valence-corrected chi connectivity index (χ3v) is 11.4. The summed E-state index contributed by atoms with van der Waals surface area (Å²) in [5.74, 6) is 0.825. The molecule has 4 unspecified atom stereocenters. The number of thiol groups is 2. The highest BCUT2D eigenvalue weighted by Gasteiger charge is 2.53. The van der Waals surface area contributed by atoms with E-state index in [1.165, 1.54) is 34.4 Å². The van der Waals surface area contributed by atoms with Gasteiger partial charge in [0.25, 0.3) is 0 Å². The minimum Gasteiger partial charge on any atom is -0.387 e. The summed E-state index contributed by atoms with van der Waals surface area (Å²) in [6, 6.07) is 0. The van der Waals surface area contributed by atoms with E-state index in [0.29, 0.717) is 47.1 Å². The van der Waals surface area contributed by atoms with Gasteiger partial charge in [-0.2, -0.15) is 0 Å². The molecule has 5 aliphatic heterocycles. The van der Waals surface area contributed by atoms with Gasteiger partial charge in [-0.3, -0.25) is 27.2 Å². The van der Waals surface area contributed by atoms with Crippen molar-refractivity contribution in [3.8, 4) is 0 Å². The van der Waals surface area contributed by atoms with Crippen LogP contribution in [0.25, 0.3) is 22.3 Å². The zero-order valence-electron chi connectivity index (χ0n) is 24.4. The lowest BCUT2D eigenvalue weighted by Gasteiger charge is -2.26. The van der Waals surface area contributed by atoms with Crippen molar-refractivity contribution in [2.24, 2.45) is 0 Å². The molecule has 3 fully saturated rings. The summed E-state index contributed by atoms with van der Waals surface area (Å²) in [7, 11) is 0. The van der Waals surface area contributed by atoms with Gasteiger partial charge < -0.3 is 30.3 Å². The van der Waals surface area contributed by atoms with Crippen LogP contribution in [0.4, 0.5) is 11.6 Å².